The molecule has 0 amide bonds. The van der Waals surface area contributed by atoms with Gasteiger partial charge in [-0.1, -0.05) is 36.4 Å². The van der Waals surface area contributed by atoms with E-state index in [-0.39, 0.29) is 12.6 Å². The zero-order chi connectivity index (χ0) is 16.8. The van der Waals surface area contributed by atoms with Crippen molar-refractivity contribution in [1.82, 2.24) is 10.3 Å². The predicted octanol–water partition coefficient (Wildman–Crippen LogP) is 4.31. The molecule has 0 saturated heterocycles. The fraction of sp³-hybridized carbons (Fsp3) is 0.316. The minimum atomic E-state index is 0.194. The van der Waals surface area contributed by atoms with Crippen LogP contribution in [0.25, 0.3) is 10.8 Å². The van der Waals surface area contributed by atoms with Gasteiger partial charge < -0.3 is 14.8 Å². The normalized spacial score (nSPS) is 12.4. The molecule has 0 aliphatic carbocycles. The van der Waals surface area contributed by atoms with E-state index in [2.05, 4.69) is 22.4 Å². The monoisotopic (exact) mass is 342 g/mol. The summed E-state index contributed by atoms with van der Waals surface area (Å²) in [5.74, 6) is 1.53. The fourth-order valence-corrected chi connectivity index (χ4v) is 3.33. The van der Waals surface area contributed by atoms with Crippen molar-refractivity contribution in [3.63, 3.8) is 0 Å². The Morgan fingerprint density at radius 3 is 2.75 bits per heavy atom. The minimum absolute atomic E-state index is 0.194. The van der Waals surface area contributed by atoms with Crippen LogP contribution in [-0.2, 0) is 6.54 Å². The number of nitrogens with zero attached hydrogens (tertiary/aromatic N) is 1. The van der Waals surface area contributed by atoms with Crippen molar-refractivity contribution in [2.75, 3.05) is 6.61 Å². The van der Waals surface area contributed by atoms with Crippen LogP contribution in [0.4, 0.5) is 0 Å². The van der Waals surface area contributed by atoms with Crippen LogP contribution in [0.5, 0.6) is 0 Å². The lowest BCUT2D eigenvalue weighted by Gasteiger charge is -2.18. The van der Waals surface area contributed by atoms with Crippen molar-refractivity contribution in [3.05, 3.63) is 64.9 Å². The van der Waals surface area contributed by atoms with Gasteiger partial charge in [0.15, 0.2) is 0 Å². The van der Waals surface area contributed by atoms with Crippen molar-refractivity contribution in [2.24, 2.45) is 0 Å². The SMILES string of the molecule is Cc1oc(-c2cccs2)nc1CNC(CCCO)c1ccccc1. The van der Waals surface area contributed by atoms with E-state index in [9.17, 15) is 0 Å². The molecule has 0 spiro atoms. The van der Waals surface area contributed by atoms with Gasteiger partial charge in [-0.3, -0.25) is 0 Å². The molecular formula is C19H22N2O2S. The number of thiophene rings is 1. The first-order valence-electron chi connectivity index (χ1n) is 8.17. The summed E-state index contributed by atoms with van der Waals surface area (Å²) in [4.78, 5) is 5.68. The van der Waals surface area contributed by atoms with E-state index in [4.69, 9.17) is 9.52 Å². The number of aliphatic hydroxyl groups excluding tert-OH is 1. The number of nitrogens with one attached hydrogen (secondary N) is 1. The number of benzene rings is 1. The van der Waals surface area contributed by atoms with E-state index in [0.29, 0.717) is 12.4 Å². The molecule has 5 heteroatoms. The van der Waals surface area contributed by atoms with E-state index in [1.54, 1.807) is 11.3 Å². The number of oxazole rings is 1. The maximum Gasteiger partial charge on any atom is 0.236 e. The van der Waals surface area contributed by atoms with Crippen LogP contribution in [-0.4, -0.2) is 16.7 Å². The maximum atomic E-state index is 9.15. The van der Waals surface area contributed by atoms with Crippen LogP contribution >= 0.6 is 11.3 Å². The van der Waals surface area contributed by atoms with Crippen molar-refractivity contribution < 1.29 is 9.52 Å². The zero-order valence-electron chi connectivity index (χ0n) is 13.7. The van der Waals surface area contributed by atoms with Crippen molar-refractivity contribution in [1.29, 1.82) is 0 Å². The van der Waals surface area contributed by atoms with Crippen molar-refractivity contribution >= 4 is 11.3 Å². The Balaban J connectivity index is 1.70. The van der Waals surface area contributed by atoms with E-state index in [1.807, 2.05) is 42.6 Å². The molecule has 3 rings (SSSR count). The highest BCUT2D eigenvalue weighted by Crippen LogP contribution is 2.26. The standard InChI is InChI=1S/C19H22N2O2S/c1-14-17(21-19(23-14)18-10-6-12-24-18)13-20-16(9-5-11-22)15-7-3-2-4-8-15/h2-4,6-8,10,12,16,20,22H,5,9,11,13H2,1H3. The van der Waals surface area contributed by atoms with Crippen molar-refractivity contribution in [3.8, 4) is 10.8 Å². The molecule has 0 aliphatic heterocycles. The van der Waals surface area contributed by atoms with Crippen LogP contribution < -0.4 is 5.32 Å². The van der Waals surface area contributed by atoms with Gasteiger partial charge in [-0.25, -0.2) is 4.98 Å². The summed E-state index contributed by atoms with van der Waals surface area (Å²) in [7, 11) is 0. The van der Waals surface area contributed by atoms with E-state index >= 15 is 0 Å². The third-order valence-corrected chi connectivity index (χ3v) is 4.85. The Labute approximate surface area is 146 Å². The summed E-state index contributed by atoms with van der Waals surface area (Å²) in [5.41, 5.74) is 2.16. The molecule has 2 heterocycles. The van der Waals surface area contributed by atoms with Crippen LogP contribution in [0.2, 0.25) is 0 Å². The topological polar surface area (TPSA) is 58.3 Å². The molecule has 0 fully saturated rings. The van der Waals surface area contributed by atoms with Crippen LogP contribution in [0.15, 0.2) is 52.3 Å². The average Bonchev–Trinajstić information content (AvgIpc) is 3.26. The fourth-order valence-electron chi connectivity index (χ4n) is 2.68. The molecule has 1 aromatic carbocycles. The first-order chi connectivity index (χ1) is 11.8. The first-order valence-corrected chi connectivity index (χ1v) is 9.05. The first kappa shape index (κ1) is 16.9. The molecule has 24 heavy (non-hydrogen) atoms. The van der Waals surface area contributed by atoms with Crippen LogP contribution in [0.1, 0.15) is 35.9 Å². The molecule has 2 aromatic heterocycles. The van der Waals surface area contributed by atoms with Gasteiger partial charge in [-0.15, -0.1) is 11.3 Å². The molecule has 0 bridgehead atoms. The molecule has 2 N–H and O–H groups in total. The number of aryl methyl sites for hydroxylation is 1. The van der Waals surface area contributed by atoms with Gasteiger partial charge in [-0.05, 0) is 36.8 Å². The molecular weight excluding hydrogens is 320 g/mol. The molecule has 0 saturated carbocycles. The highest BCUT2D eigenvalue weighted by atomic mass is 32.1. The highest BCUT2D eigenvalue weighted by Gasteiger charge is 2.15. The Bertz CT molecular complexity index is 738. The highest BCUT2D eigenvalue weighted by molar-refractivity contribution is 7.13. The Kier molecular flexibility index (Phi) is 5.80. The molecule has 4 nitrogen and oxygen atoms in total. The summed E-state index contributed by atoms with van der Waals surface area (Å²) in [5, 5.41) is 14.7. The Morgan fingerprint density at radius 1 is 1.21 bits per heavy atom. The third kappa shape index (κ3) is 4.12. The van der Waals surface area contributed by atoms with Gasteiger partial charge in [0.05, 0.1) is 10.6 Å². The van der Waals surface area contributed by atoms with Gasteiger partial charge >= 0.3 is 0 Å². The minimum Gasteiger partial charge on any atom is -0.440 e. The molecule has 3 aromatic rings. The second-order valence-electron chi connectivity index (χ2n) is 5.71. The van der Waals surface area contributed by atoms with Gasteiger partial charge in [0.25, 0.3) is 0 Å². The number of rotatable bonds is 8. The maximum absolute atomic E-state index is 9.15. The smallest absolute Gasteiger partial charge is 0.236 e. The van der Waals surface area contributed by atoms with Crippen molar-refractivity contribution in [2.45, 2.75) is 32.4 Å². The van der Waals surface area contributed by atoms with E-state index in [1.165, 1.54) is 5.56 Å². The quantitative estimate of drug-likeness (QED) is 0.640. The number of hydrogen-bond donors (Lipinski definition) is 2. The summed E-state index contributed by atoms with van der Waals surface area (Å²) >= 11 is 1.63. The second kappa shape index (κ2) is 8.24. The third-order valence-electron chi connectivity index (χ3n) is 3.99. The summed E-state index contributed by atoms with van der Waals surface area (Å²) in [6.07, 6.45) is 1.65. The lowest BCUT2D eigenvalue weighted by molar-refractivity contribution is 0.274. The van der Waals surface area contributed by atoms with Gasteiger partial charge in [0.1, 0.15) is 5.76 Å². The molecule has 1 atom stereocenters. The van der Waals surface area contributed by atoms with Crippen LogP contribution in [0.3, 0.4) is 0 Å². The largest absolute Gasteiger partial charge is 0.440 e. The summed E-state index contributed by atoms with van der Waals surface area (Å²) in [6, 6.07) is 14.5. The summed E-state index contributed by atoms with van der Waals surface area (Å²) in [6.45, 7) is 2.80. The molecule has 1 unspecified atom stereocenters. The Hall–Kier alpha value is -1.95. The predicted molar refractivity (Wildman–Crippen MR) is 96.9 cm³/mol. The van der Waals surface area contributed by atoms with Gasteiger partial charge in [0.2, 0.25) is 5.89 Å². The molecule has 126 valence electrons. The average molecular weight is 342 g/mol. The number of aromatic nitrogens is 1. The van der Waals surface area contributed by atoms with E-state index < -0.39 is 0 Å². The number of aliphatic hydroxyl groups is 1. The van der Waals surface area contributed by atoms with Gasteiger partial charge in [0, 0.05) is 19.2 Å². The number of hydrogen-bond acceptors (Lipinski definition) is 5. The molecule has 0 radical (unpaired) electrons. The lowest BCUT2D eigenvalue weighted by Crippen LogP contribution is -2.21. The Morgan fingerprint density at radius 2 is 2.04 bits per heavy atom. The van der Waals surface area contributed by atoms with E-state index in [0.717, 1.165) is 29.2 Å². The summed E-state index contributed by atoms with van der Waals surface area (Å²) < 4.78 is 5.80. The lowest BCUT2D eigenvalue weighted by atomic mass is 10.0. The van der Waals surface area contributed by atoms with Crippen LogP contribution in [0, 0.1) is 6.92 Å². The zero-order valence-corrected chi connectivity index (χ0v) is 14.6. The van der Waals surface area contributed by atoms with Gasteiger partial charge in [-0.2, -0.15) is 0 Å². The molecule has 0 aliphatic rings. The second-order valence-corrected chi connectivity index (χ2v) is 6.66.